The number of benzene rings is 2. The third-order valence-corrected chi connectivity index (χ3v) is 4.98. The fourth-order valence-electron chi connectivity index (χ4n) is 3.34. The molecule has 0 spiro atoms. The predicted molar refractivity (Wildman–Crippen MR) is 114 cm³/mol. The lowest BCUT2D eigenvalue weighted by molar-refractivity contribution is -0.123. The van der Waals surface area contributed by atoms with Crippen molar-refractivity contribution in [3.8, 4) is 5.75 Å². The van der Waals surface area contributed by atoms with Gasteiger partial charge >= 0.3 is 0 Å². The van der Waals surface area contributed by atoms with Gasteiger partial charge in [0, 0.05) is 24.2 Å². The molecular weight excluding hydrogens is 382 g/mol. The molecule has 0 atom stereocenters. The molecule has 1 heterocycles. The minimum absolute atomic E-state index is 0.0914. The van der Waals surface area contributed by atoms with Crippen LogP contribution in [0.25, 0.3) is 0 Å². The van der Waals surface area contributed by atoms with Crippen LogP contribution in [0.15, 0.2) is 42.5 Å². The molecule has 3 amide bonds. The van der Waals surface area contributed by atoms with E-state index in [-0.39, 0.29) is 18.4 Å². The van der Waals surface area contributed by atoms with Crippen molar-refractivity contribution < 1.29 is 19.1 Å². The van der Waals surface area contributed by atoms with E-state index in [2.05, 4.69) is 24.7 Å². The number of hydrogen-bond donors (Lipinski definition) is 2. The molecule has 0 bridgehead atoms. The summed E-state index contributed by atoms with van der Waals surface area (Å²) >= 11 is 0. The van der Waals surface area contributed by atoms with Crippen LogP contribution in [0.3, 0.4) is 0 Å². The first-order chi connectivity index (χ1) is 14.3. The van der Waals surface area contributed by atoms with Gasteiger partial charge in [-0.2, -0.15) is 0 Å². The van der Waals surface area contributed by atoms with Crippen LogP contribution >= 0.6 is 0 Å². The van der Waals surface area contributed by atoms with E-state index >= 15 is 0 Å². The summed E-state index contributed by atoms with van der Waals surface area (Å²) < 4.78 is 5.66. The van der Waals surface area contributed by atoms with Crippen LogP contribution in [0.4, 0.5) is 5.69 Å². The summed E-state index contributed by atoms with van der Waals surface area (Å²) in [5, 5.41) is 0. The number of aryl methyl sites for hydroxylation is 1. The highest BCUT2D eigenvalue weighted by atomic mass is 16.5. The van der Waals surface area contributed by atoms with Crippen molar-refractivity contribution in [1.82, 2.24) is 10.9 Å². The molecule has 0 saturated carbocycles. The summed E-state index contributed by atoms with van der Waals surface area (Å²) in [7, 11) is 0. The summed E-state index contributed by atoms with van der Waals surface area (Å²) in [5.74, 6) is 0.120. The monoisotopic (exact) mass is 409 g/mol. The third kappa shape index (κ3) is 5.17. The Morgan fingerprint density at radius 2 is 1.83 bits per heavy atom. The number of carbonyl (C=O) groups is 3. The molecule has 1 saturated heterocycles. The summed E-state index contributed by atoms with van der Waals surface area (Å²) in [5.41, 5.74) is 7.96. The Morgan fingerprint density at radius 1 is 1.10 bits per heavy atom. The number of nitrogens with zero attached hydrogens (tertiary/aromatic N) is 1. The van der Waals surface area contributed by atoms with E-state index in [4.69, 9.17) is 4.74 Å². The topological polar surface area (TPSA) is 87.7 Å². The molecule has 2 aromatic carbocycles. The first-order valence-electron chi connectivity index (χ1n) is 10.1. The maximum absolute atomic E-state index is 12.3. The molecule has 0 unspecified atom stereocenters. The quantitative estimate of drug-likeness (QED) is 0.718. The number of amides is 3. The van der Waals surface area contributed by atoms with Crippen molar-refractivity contribution in [2.45, 2.75) is 39.5 Å². The second kappa shape index (κ2) is 9.43. The fourth-order valence-corrected chi connectivity index (χ4v) is 3.34. The number of nitrogens with one attached hydrogen (secondary N) is 2. The lowest BCUT2D eigenvalue weighted by Crippen LogP contribution is -2.43. The number of ether oxygens (including phenoxy) is 1. The highest BCUT2D eigenvalue weighted by molar-refractivity contribution is 5.98. The summed E-state index contributed by atoms with van der Waals surface area (Å²) in [6.07, 6.45) is 1.40. The minimum atomic E-state index is -0.459. The van der Waals surface area contributed by atoms with Gasteiger partial charge in [-0.1, -0.05) is 26.0 Å². The second-order valence-electron chi connectivity index (χ2n) is 7.68. The van der Waals surface area contributed by atoms with Gasteiger partial charge in [0.2, 0.25) is 5.91 Å². The van der Waals surface area contributed by atoms with Gasteiger partial charge in [-0.05, 0) is 60.7 Å². The Hall–Kier alpha value is -3.35. The average Bonchev–Trinajstić information content (AvgIpc) is 3.16. The normalized spacial score (nSPS) is 13.5. The lowest BCUT2D eigenvalue weighted by Gasteiger charge is -2.16. The van der Waals surface area contributed by atoms with Crippen LogP contribution in [0.2, 0.25) is 0 Å². The van der Waals surface area contributed by atoms with Gasteiger partial charge in [0.05, 0.1) is 0 Å². The number of rotatable bonds is 6. The number of hydrogen-bond acceptors (Lipinski definition) is 4. The van der Waals surface area contributed by atoms with Gasteiger partial charge in [-0.25, -0.2) is 0 Å². The maximum atomic E-state index is 12.3. The molecule has 0 aliphatic carbocycles. The highest BCUT2D eigenvalue weighted by Gasteiger charge is 2.21. The van der Waals surface area contributed by atoms with Crippen molar-refractivity contribution in [3.05, 3.63) is 59.2 Å². The van der Waals surface area contributed by atoms with Crippen molar-refractivity contribution in [1.29, 1.82) is 0 Å². The first kappa shape index (κ1) is 21.4. The lowest BCUT2D eigenvalue weighted by atomic mass is 10.0. The molecule has 158 valence electrons. The zero-order valence-electron chi connectivity index (χ0n) is 17.5. The van der Waals surface area contributed by atoms with Crippen LogP contribution in [0.1, 0.15) is 54.1 Å². The van der Waals surface area contributed by atoms with Crippen LogP contribution in [-0.4, -0.2) is 30.9 Å². The van der Waals surface area contributed by atoms with Gasteiger partial charge in [0.15, 0.2) is 6.61 Å². The fraction of sp³-hybridized carbons (Fsp3) is 0.348. The molecule has 1 aliphatic rings. The Labute approximate surface area is 176 Å². The van der Waals surface area contributed by atoms with Gasteiger partial charge in [0.1, 0.15) is 5.75 Å². The van der Waals surface area contributed by atoms with E-state index in [1.54, 1.807) is 29.2 Å². The van der Waals surface area contributed by atoms with Crippen molar-refractivity contribution in [3.63, 3.8) is 0 Å². The summed E-state index contributed by atoms with van der Waals surface area (Å²) in [6, 6.07) is 12.6. The smallest absolute Gasteiger partial charge is 0.276 e. The molecule has 3 rings (SSSR count). The van der Waals surface area contributed by atoms with Crippen LogP contribution in [-0.2, 0) is 9.59 Å². The number of anilines is 1. The zero-order valence-corrected chi connectivity index (χ0v) is 17.5. The Balaban J connectivity index is 1.51. The van der Waals surface area contributed by atoms with Gasteiger partial charge in [-0.3, -0.25) is 25.2 Å². The SMILES string of the molecule is Cc1ccc(C(C)C)c(OCC(=O)NNC(=O)c2ccc(N3CCCC3=O)cc2)c1. The number of carbonyl (C=O) groups excluding carboxylic acids is 3. The molecular formula is C23H27N3O4. The molecule has 30 heavy (non-hydrogen) atoms. The van der Waals surface area contributed by atoms with E-state index in [1.807, 2.05) is 25.1 Å². The molecule has 2 N–H and O–H groups in total. The second-order valence-corrected chi connectivity index (χ2v) is 7.68. The highest BCUT2D eigenvalue weighted by Crippen LogP contribution is 2.27. The predicted octanol–water partition coefficient (Wildman–Crippen LogP) is 3.09. The number of hydrazine groups is 1. The standard InChI is InChI=1S/C23H27N3O4/c1-15(2)19-11-6-16(3)13-20(19)30-14-21(27)24-25-23(29)17-7-9-18(10-8-17)26-12-4-5-22(26)28/h6-11,13,15H,4-5,12,14H2,1-3H3,(H,24,27)(H,25,29). The van der Waals surface area contributed by atoms with Gasteiger partial charge in [-0.15, -0.1) is 0 Å². The van der Waals surface area contributed by atoms with Gasteiger partial charge < -0.3 is 9.64 Å². The summed E-state index contributed by atoms with van der Waals surface area (Å²) in [4.78, 5) is 37.9. The van der Waals surface area contributed by atoms with Crippen LogP contribution in [0.5, 0.6) is 5.75 Å². The molecule has 1 aliphatic heterocycles. The zero-order chi connectivity index (χ0) is 21.7. The molecule has 1 fully saturated rings. The van der Waals surface area contributed by atoms with E-state index in [0.29, 0.717) is 24.3 Å². The Bertz CT molecular complexity index is 938. The van der Waals surface area contributed by atoms with Gasteiger partial charge in [0.25, 0.3) is 11.8 Å². The molecule has 7 nitrogen and oxygen atoms in total. The minimum Gasteiger partial charge on any atom is -0.483 e. The third-order valence-electron chi connectivity index (χ3n) is 4.98. The van der Waals surface area contributed by atoms with Crippen LogP contribution < -0.4 is 20.5 Å². The molecule has 0 aromatic heterocycles. The van der Waals surface area contributed by atoms with Crippen molar-refractivity contribution in [2.24, 2.45) is 0 Å². The molecule has 0 radical (unpaired) electrons. The average molecular weight is 409 g/mol. The summed E-state index contributed by atoms with van der Waals surface area (Å²) in [6.45, 7) is 6.56. The maximum Gasteiger partial charge on any atom is 0.276 e. The van der Waals surface area contributed by atoms with Crippen molar-refractivity contribution in [2.75, 3.05) is 18.1 Å². The van der Waals surface area contributed by atoms with E-state index in [9.17, 15) is 14.4 Å². The van der Waals surface area contributed by atoms with Crippen LogP contribution in [0, 0.1) is 6.92 Å². The molecule has 7 heteroatoms. The Kier molecular flexibility index (Phi) is 6.72. The molecule has 2 aromatic rings. The van der Waals surface area contributed by atoms with E-state index < -0.39 is 11.8 Å². The van der Waals surface area contributed by atoms with E-state index in [0.717, 1.165) is 23.2 Å². The first-order valence-corrected chi connectivity index (χ1v) is 10.1. The largest absolute Gasteiger partial charge is 0.483 e. The van der Waals surface area contributed by atoms with E-state index in [1.165, 1.54) is 0 Å². The van der Waals surface area contributed by atoms with Crippen molar-refractivity contribution >= 4 is 23.4 Å². The Morgan fingerprint density at radius 3 is 2.47 bits per heavy atom.